The van der Waals surface area contributed by atoms with Gasteiger partial charge in [0.05, 0.1) is 12.6 Å². The van der Waals surface area contributed by atoms with Crippen molar-refractivity contribution >= 4 is 18.2 Å². The fourth-order valence-electron chi connectivity index (χ4n) is 3.22. The van der Waals surface area contributed by atoms with Crippen molar-refractivity contribution in [3.63, 3.8) is 0 Å². The molecule has 114 valence electrons. The zero-order valence-corrected chi connectivity index (χ0v) is 13.6. The van der Waals surface area contributed by atoms with Gasteiger partial charge in [0.2, 0.25) is 0 Å². The lowest BCUT2D eigenvalue weighted by Crippen LogP contribution is -2.41. The van der Waals surface area contributed by atoms with Gasteiger partial charge in [-0.2, -0.15) is 0 Å². The lowest BCUT2D eigenvalue weighted by molar-refractivity contribution is 0.374. The maximum atomic E-state index is 6.53. The molecular formula is C17H24ClN3. The average Bonchev–Trinajstić information content (AvgIpc) is 3.10. The topological polar surface area (TPSA) is 41.6 Å². The highest BCUT2D eigenvalue weighted by atomic mass is 35.5. The number of aliphatic imine (C=N–C) groups is 1. The number of hydrogen-bond donors (Lipinski definition) is 1. The number of amidine groups is 1. The highest BCUT2D eigenvalue weighted by Gasteiger charge is 2.30. The minimum atomic E-state index is -0.105. The van der Waals surface area contributed by atoms with Crippen LogP contribution in [0, 0.1) is 13.8 Å². The summed E-state index contributed by atoms with van der Waals surface area (Å²) >= 11 is 0. The van der Waals surface area contributed by atoms with Crippen molar-refractivity contribution in [2.45, 2.75) is 38.8 Å². The Labute approximate surface area is 133 Å². The molecule has 4 heteroatoms. The summed E-state index contributed by atoms with van der Waals surface area (Å²) in [5, 5.41) is 0. The SMILES string of the molecule is Cc1cccc(C(N)C2=NCCN2C2C=CCC2)c1C.Cl. The molecule has 0 amide bonds. The van der Waals surface area contributed by atoms with Crippen molar-refractivity contribution in [2.24, 2.45) is 10.7 Å². The van der Waals surface area contributed by atoms with Crippen molar-refractivity contribution in [1.82, 2.24) is 4.90 Å². The molecule has 0 saturated heterocycles. The van der Waals surface area contributed by atoms with Gasteiger partial charge in [0, 0.05) is 12.6 Å². The Balaban J connectivity index is 0.00000161. The minimum Gasteiger partial charge on any atom is -0.350 e. The Morgan fingerprint density at radius 2 is 2.14 bits per heavy atom. The smallest absolute Gasteiger partial charge is 0.121 e. The molecule has 0 saturated carbocycles. The quantitative estimate of drug-likeness (QED) is 0.872. The lowest BCUT2D eigenvalue weighted by Gasteiger charge is -2.30. The molecule has 2 aliphatic rings. The van der Waals surface area contributed by atoms with Crippen LogP contribution in [0.15, 0.2) is 35.3 Å². The Morgan fingerprint density at radius 3 is 2.86 bits per heavy atom. The minimum absolute atomic E-state index is 0. The molecular weight excluding hydrogens is 282 g/mol. The number of nitrogens with two attached hydrogens (primary N) is 1. The molecule has 2 N–H and O–H groups in total. The first-order valence-electron chi connectivity index (χ1n) is 7.48. The van der Waals surface area contributed by atoms with Crippen molar-refractivity contribution in [2.75, 3.05) is 13.1 Å². The molecule has 0 aromatic heterocycles. The van der Waals surface area contributed by atoms with Gasteiger partial charge < -0.3 is 10.6 Å². The van der Waals surface area contributed by atoms with Gasteiger partial charge in [0.15, 0.2) is 0 Å². The summed E-state index contributed by atoms with van der Waals surface area (Å²) in [5.41, 5.74) is 10.3. The fourth-order valence-corrected chi connectivity index (χ4v) is 3.22. The molecule has 0 bridgehead atoms. The van der Waals surface area contributed by atoms with Gasteiger partial charge in [-0.25, -0.2) is 0 Å². The standard InChI is InChI=1S/C17H23N3.ClH/c1-12-6-5-9-15(13(12)2)16(18)17-19-10-11-20(17)14-7-3-4-8-14;/h3,5-7,9,14,16H,4,8,10-11,18H2,1-2H3;1H. The Hall–Kier alpha value is -1.32. The third-order valence-corrected chi connectivity index (χ3v) is 4.56. The van der Waals surface area contributed by atoms with Crippen LogP contribution in [-0.4, -0.2) is 29.9 Å². The van der Waals surface area contributed by atoms with Crippen LogP contribution >= 0.6 is 12.4 Å². The van der Waals surface area contributed by atoms with Crippen molar-refractivity contribution in [3.8, 4) is 0 Å². The molecule has 0 fully saturated rings. The van der Waals surface area contributed by atoms with E-state index in [0.717, 1.165) is 18.9 Å². The highest BCUT2D eigenvalue weighted by molar-refractivity contribution is 5.90. The molecule has 0 radical (unpaired) electrons. The average molecular weight is 306 g/mol. The van der Waals surface area contributed by atoms with E-state index in [1.165, 1.54) is 29.5 Å². The van der Waals surface area contributed by atoms with Gasteiger partial charge >= 0.3 is 0 Å². The number of benzene rings is 1. The van der Waals surface area contributed by atoms with Crippen molar-refractivity contribution in [3.05, 3.63) is 47.0 Å². The van der Waals surface area contributed by atoms with E-state index in [2.05, 4.69) is 49.1 Å². The monoisotopic (exact) mass is 305 g/mol. The van der Waals surface area contributed by atoms with Crippen LogP contribution in [0.3, 0.4) is 0 Å². The molecule has 1 heterocycles. The molecule has 21 heavy (non-hydrogen) atoms. The van der Waals surface area contributed by atoms with Gasteiger partial charge in [0.25, 0.3) is 0 Å². The van der Waals surface area contributed by atoms with E-state index in [0.29, 0.717) is 6.04 Å². The molecule has 2 atom stereocenters. The number of hydrogen-bond acceptors (Lipinski definition) is 3. The lowest BCUT2D eigenvalue weighted by atomic mass is 9.96. The van der Waals surface area contributed by atoms with E-state index in [1.807, 2.05) is 0 Å². The zero-order chi connectivity index (χ0) is 14.1. The van der Waals surface area contributed by atoms with Crippen LogP contribution in [0.2, 0.25) is 0 Å². The van der Waals surface area contributed by atoms with E-state index < -0.39 is 0 Å². The van der Waals surface area contributed by atoms with Crippen LogP contribution in [0.4, 0.5) is 0 Å². The van der Waals surface area contributed by atoms with Gasteiger partial charge in [0.1, 0.15) is 5.84 Å². The summed E-state index contributed by atoms with van der Waals surface area (Å²) in [6, 6.07) is 6.75. The van der Waals surface area contributed by atoms with E-state index in [1.54, 1.807) is 0 Å². The summed E-state index contributed by atoms with van der Waals surface area (Å²) in [7, 11) is 0. The van der Waals surface area contributed by atoms with E-state index in [-0.39, 0.29) is 18.4 Å². The third kappa shape index (κ3) is 2.99. The second kappa shape index (κ2) is 6.63. The Morgan fingerprint density at radius 1 is 1.33 bits per heavy atom. The maximum Gasteiger partial charge on any atom is 0.121 e. The van der Waals surface area contributed by atoms with Crippen molar-refractivity contribution < 1.29 is 0 Å². The maximum absolute atomic E-state index is 6.53. The first-order valence-corrected chi connectivity index (χ1v) is 7.48. The molecule has 2 unspecified atom stereocenters. The summed E-state index contributed by atoms with van der Waals surface area (Å²) < 4.78 is 0. The number of aryl methyl sites for hydroxylation is 1. The molecule has 1 aromatic carbocycles. The third-order valence-electron chi connectivity index (χ3n) is 4.56. The van der Waals surface area contributed by atoms with Crippen LogP contribution in [0.25, 0.3) is 0 Å². The number of nitrogens with zero attached hydrogens (tertiary/aromatic N) is 2. The number of allylic oxidation sites excluding steroid dienone is 1. The second-order valence-corrected chi connectivity index (χ2v) is 5.77. The molecule has 0 spiro atoms. The van der Waals surface area contributed by atoms with E-state index in [4.69, 9.17) is 10.7 Å². The number of halogens is 1. The Bertz CT molecular complexity index is 565. The predicted molar refractivity (Wildman–Crippen MR) is 91.3 cm³/mol. The van der Waals surface area contributed by atoms with Gasteiger partial charge in [-0.1, -0.05) is 30.4 Å². The Kier molecular flexibility index (Phi) is 5.07. The number of rotatable bonds is 3. The van der Waals surface area contributed by atoms with Gasteiger partial charge in [-0.05, 0) is 43.4 Å². The van der Waals surface area contributed by atoms with Gasteiger partial charge in [-0.15, -0.1) is 12.4 Å². The summed E-state index contributed by atoms with van der Waals surface area (Å²) in [6.45, 7) is 6.17. The normalized spacial score (nSPS) is 22.1. The van der Waals surface area contributed by atoms with Gasteiger partial charge in [-0.3, -0.25) is 4.99 Å². The zero-order valence-electron chi connectivity index (χ0n) is 12.7. The van der Waals surface area contributed by atoms with Crippen LogP contribution < -0.4 is 5.73 Å². The molecule has 1 aromatic rings. The van der Waals surface area contributed by atoms with Crippen LogP contribution in [0.1, 0.15) is 35.6 Å². The fraction of sp³-hybridized carbons (Fsp3) is 0.471. The first kappa shape index (κ1) is 16.1. The summed E-state index contributed by atoms with van der Waals surface area (Å²) in [4.78, 5) is 7.09. The van der Waals surface area contributed by atoms with Crippen molar-refractivity contribution in [1.29, 1.82) is 0 Å². The molecule has 1 aliphatic heterocycles. The first-order chi connectivity index (χ1) is 9.68. The van der Waals surface area contributed by atoms with Crippen LogP contribution in [-0.2, 0) is 0 Å². The largest absolute Gasteiger partial charge is 0.350 e. The van der Waals surface area contributed by atoms with E-state index in [9.17, 15) is 0 Å². The summed E-state index contributed by atoms with van der Waals surface area (Å²) in [5.74, 6) is 1.07. The predicted octanol–water partition coefficient (Wildman–Crippen LogP) is 3.16. The second-order valence-electron chi connectivity index (χ2n) is 5.77. The van der Waals surface area contributed by atoms with E-state index >= 15 is 0 Å². The highest BCUT2D eigenvalue weighted by Crippen LogP contribution is 2.26. The van der Waals surface area contributed by atoms with Crippen LogP contribution in [0.5, 0.6) is 0 Å². The molecule has 3 nitrogen and oxygen atoms in total. The molecule has 3 rings (SSSR count). The molecule has 1 aliphatic carbocycles. The summed E-state index contributed by atoms with van der Waals surface area (Å²) in [6.07, 6.45) is 6.94.